The van der Waals surface area contributed by atoms with Gasteiger partial charge in [0.15, 0.2) is 5.82 Å². The summed E-state index contributed by atoms with van der Waals surface area (Å²) in [5, 5.41) is 7.68. The quantitative estimate of drug-likeness (QED) is 0.407. The molecule has 1 spiro atoms. The van der Waals surface area contributed by atoms with Crippen molar-refractivity contribution >= 4 is 23.9 Å². The van der Waals surface area contributed by atoms with Crippen LogP contribution in [0.3, 0.4) is 0 Å². The zero-order valence-corrected chi connectivity index (χ0v) is 20.6. The van der Waals surface area contributed by atoms with Crippen molar-refractivity contribution in [3.63, 3.8) is 0 Å². The van der Waals surface area contributed by atoms with Gasteiger partial charge in [0.25, 0.3) is 0 Å². The number of nitrogen functional groups attached to an aromatic ring is 1. The third-order valence-corrected chi connectivity index (χ3v) is 6.80. The van der Waals surface area contributed by atoms with Crippen molar-refractivity contribution in [1.82, 2.24) is 29.6 Å². The Balaban J connectivity index is 0.000000280. The summed E-state index contributed by atoms with van der Waals surface area (Å²) in [6, 6.07) is 16.7. The molecule has 1 aliphatic heterocycles. The van der Waals surface area contributed by atoms with Gasteiger partial charge in [0, 0.05) is 48.7 Å². The van der Waals surface area contributed by atoms with Crippen LogP contribution < -0.4 is 11.1 Å². The van der Waals surface area contributed by atoms with E-state index in [9.17, 15) is 4.79 Å². The van der Waals surface area contributed by atoms with Crippen molar-refractivity contribution in [2.24, 2.45) is 12.5 Å². The van der Waals surface area contributed by atoms with Crippen LogP contribution in [0.4, 0.5) is 17.6 Å². The lowest BCUT2D eigenvalue weighted by Crippen LogP contribution is -2.57. The van der Waals surface area contributed by atoms with Crippen LogP contribution in [0.2, 0.25) is 0 Å². The number of rotatable bonds is 5. The highest BCUT2D eigenvalue weighted by molar-refractivity contribution is 5.76. The number of aldehydes is 1. The van der Waals surface area contributed by atoms with Gasteiger partial charge < -0.3 is 16.0 Å². The van der Waals surface area contributed by atoms with E-state index in [1.54, 1.807) is 23.0 Å². The van der Waals surface area contributed by atoms with Gasteiger partial charge in [-0.15, -0.1) is 5.10 Å². The van der Waals surface area contributed by atoms with Gasteiger partial charge >= 0.3 is 0 Å². The number of nitrogens with zero attached hydrogens (tertiary/aromatic N) is 6. The minimum atomic E-state index is 0.243. The van der Waals surface area contributed by atoms with Crippen molar-refractivity contribution in [1.29, 1.82) is 0 Å². The molecule has 6 rings (SSSR count). The van der Waals surface area contributed by atoms with E-state index in [1.807, 2.05) is 49.5 Å². The van der Waals surface area contributed by atoms with E-state index in [0.717, 1.165) is 34.2 Å². The fraction of sp³-hybridized carbons (Fsp3) is 0.296. The molecule has 0 atom stereocenters. The summed E-state index contributed by atoms with van der Waals surface area (Å²) in [6.07, 6.45) is 6.96. The molecule has 0 radical (unpaired) electrons. The number of nitrogens with one attached hydrogen (secondary N) is 1. The summed E-state index contributed by atoms with van der Waals surface area (Å²) in [5.41, 5.74) is 10.5. The van der Waals surface area contributed by atoms with Crippen LogP contribution >= 0.6 is 0 Å². The maximum absolute atomic E-state index is 10.8. The number of hydrogen-bond acceptors (Lipinski definition) is 8. The first-order valence-corrected chi connectivity index (χ1v) is 12.0. The Morgan fingerprint density at radius 3 is 2.19 bits per heavy atom. The predicted molar refractivity (Wildman–Crippen MR) is 141 cm³/mol. The average Bonchev–Trinajstić information content (AvgIpc) is 3.22. The van der Waals surface area contributed by atoms with E-state index in [0.29, 0.717) is 17.3 Å². The molecule has 1 aliphatic carbocycles. The molecule has 184 valence electrons. The number of carbonyl (C=O) groups is 1. The summed E-state index contributed by atoms with van der Waals surface area (Å²) in [4.78, 5) is 25.9. The van der Waals surface area contributed by atoms with Gasteiger partial charge in [-0.1, -0.05) is 42.8 Å². The highest BCUT2D eigenvalue weighted by atomic mass is 16.1. The number of likely N-dealkylation sites (tertiary alicyclic amines) is 1. The zero-order valence-electron chi connectivity index (χ0n) is 20.6. The van der Waals surface area contributed by atoms with Crippen LogP contribution in [0.25, 0.3) is 22.6 Å². The Bertz CT molecular complexity index is 1340. The Kier molecular flexibility index (Phi) is 6.47. The Morgan fingerprint density at radius 1 is 0.944 bits per heavy atom. The molecule has 9 heteroatoms. The predicted octanol–water partition coefficient (Wildman–Crippen LogP) is 4.18. The second-order valence-corrected chi connectivity index (χ2v) is 9.65. The molecule has 3 heterocycles. The number of aryl methyl sites for hydroxylation is 1. The normalized spacial score (nSPS) is 15.8. The molecule has 1 saturated carbocycles. The molecule has 2 aromatic heterocycles. The second kappa shape index (κ2) is 9.87. The van der Waals surface area contributed by atoms with Crippen molar-refractivity contribution in [2.75, 3.05) is 31.2 Å². The molecular weight excluding hydrogens is 452 g/mol. The van der Waals surface area contributed by atoms with Crippen LogP contribution in [0.15, 0.2) is 60.8 Å². The smallest absolute Gasteiger partial charge is 0.225 e. The fourth-order valence-corrected chi connectivity index (χ4v) is 4.81. The molecule has 3 N–H and O–H groups in total. The Morgan fingerprint density at radius 2 is 1.64 bits per heavy atom. The molecule has 0 bridgehead atoms. The van der Waals surface area contributed by atoms with Gasteiger partial charge in [0.1, 0.15) is 6.29 Å². The van der Waals surface area contributed by atoms with E-state index in [1.165, 1.54) is 32.4 Å². The first kappa shape index (κ1) is 23.6. The number of nitrogens with two attached hydrogens (primary N) is 1. The fourth-order valence-electron chi connectivity index (χ4n) is 4.81. The van der Waals surface area contributed by atoms with E-state index < -0.39 is 0 Å². The van der Waals surface area contributed by atoms with Crippen LogP contribution in [0.1, 0.15) is 29.6 Å². The SMILES string of the molecule is CN1CC2(CCC2)C1.Cn1nc(-c2ccc(C=O)cc2)nc1Nc1ccc(-c2ccnc(N)n2)cc1. The maximum Gasteiger partial charge on any atom is 0.225 e. The first-order chi connectivity index (χ1) is 17.4. The largest absolute Gasteiger partial charge is 0.368 e. The van der Waals surface area contributed by atoms with Gasteiger partial charge in [-0.05, 0) is 43.5 Å². The molecule has 2 aliphatic rings. The van der Waals surface area contributed by atoms with Gasteiger partial charge in [0.05, 0.1) is 5.69 Å². The number of benzene rings is 2. The minimum absolute atomic E-state index is 0.243. The molecule has 2 aromatic carbocycles. The van der Waals surface area contributed by atoms with Crippen molar-refractivity contribution in [3.8, 4) is 22.6 Å². The molecule has 9 nitrogen and oxygen atoms in total. The summed E-state index contributed by atoms with van der Waals surface area (Å²) in [6.45, 7) is 2.76. The summed E-state index contributed by atoms with van der Waals surface area (Å²) in [7, 11) is 4.03. The van der Waals surface area contributed by atoms with Crippen LogP contribution in [-0.2, 0) is 7.05 Å². The second-order valence-electron chi connectivity index (χ2n) is 9.65. The van der Waals surface area contributed by atoms with Gasteiger partial charge in [-0.2, -0.15) is 4.98 Å². The summed E-state index contributed by atoms with van der Waals surface area (Å²) in [5.74, 6) is 1.43. The minimum Gasteiger partial charge on any atom is -0.368 e. The Hall–Kier alpha value is -4.11. The van der Waals surface area contributed by atoms with Gasteiger partial charge in [-0.3, -0.25) is 4.79 Å². The maximum atomic E-state index is 10.8. The lowest BCUT2D eigenvalue weighted by atomic mass is 9.64. The number of aromatic nitrogens is 5. The number of hydrogen-bond donors (Lipinski definition) is 2. The molecule has 4 aromatic rings. The van der Waals surface area contributed by atoms with Crippen LogP contribution in [0.5, 0.6) is 0 Å². The third-order valence-electron chi connectivity index (χ3n) is 6.80. The van der Waals surface area contributed by atoms with E-state index in [4.69, 9.17) is 5.73 Å². The van der Waals surface area contributed by atoms with Crippen molar-refractivity contribution in [3.05, 3.63) is 66.4 Å². The van der Waals surface area contributed by atoms with Crippen LogP contribution in [0, 0.1) is 5.41 Å². The third kappa shape index (κ3) is 5.11. The molecule has 0 unspecified atom stereocenters. The number of anilines is 3. The van der Waals surface area contributed by atoms with E-state index in [-0.39, 0.29) is 5.95 Å². The monoisotopic (exact) mass is 482 g/mol. The highest BCUT2D eigenvalue weighted by Gasteiger charge is 2.45. The average molecular weight is 483 g/mol. The van der Waals surface area contributed by atoms with Gasteiger partial charge in [0.2, 0.25) is 11.9 Å². The van der Waals surface area contributed by atoms with Crippen molar-refractivity contribution < 1.29 is 4.79 Å². The highest BCUT2D eigenvalue weighted by Crippen LogP contribution is 2.47. The molecule has 1 saturated heterocycles. The van der Waals surface area contributed by atoms with E-state index >= 15 is 0 Å². The molecule has 2 fully saturated rings. The topological polar surface area (TPSA) is 115 Å². The lowest BCUT2D eigenvalue weighted by molar-refractivity contribution is -0.0436. The lowest BCUT2D eigenvalue weighted by Gasteiger charge is -2.54. The van der Waals surface area contributed by atoms with Crippen LogP contribution in [-0.4, -0.2) is 56.1 Å². The van der Waals surface area contributed by atoms with Gasteiger partial charge in [-0.25, -0.2) is 14.6 Å². The summed E-state index contributed by atoms with van der Waals surface area (Å²) < 4.78 is 1.67. The summed E-state index contributed by atoms with van der Waals surface area (Å²) >= 11 is 0. The standard InChI is InChI=1S/C20H17N7O.C7H13N/c1-27-20(25-18(26-27)15-4-2-13(12-28)3-5-15)23-16-8-6-14(7-9-16)17-10-11-22-19(21)24-17;1-8-5-7(6-8)3-2-4-7/h2-12H,1H3,(H2,21,22,24)(H,23,25,26);2-6H2,1H3. The molecule has 36 heavy (non-hydrogen) atoms. The molecule has 0 amide bonds. The zero-order chi connectivity index (χ0) is 25.1. The van der Waals surface area contributed by atoms with E-state index in [2.05, 4.69) is 37.3 Å². The number of carbonyl (C=O) groups excluding carboxylic acids is 1. The van der Waals surface area contributed by atoms with Crippen molar-refractivity contribution in [2.45, 2.75) is 19.3 Å². The first-order valence-electron chi connectivity index (χ1n) is 12.0. The molecular formula is C27H30N8O. The Labute approximate surface area is 210 Å².